The highest BCUT2D eigenvalue weighted by atomic mass is 32.2. The van der Waals surface area contributed by atoms with Gasteiger partial charge in [-0.2, -0.15) is 11.8 Å². The van der Waals surface area contributed by atoms with Crippen LogP contribution >= 0.6 is 11.8 Å². The van der Waals surface area contributed by atoms with Crippen LogP contribution in [-0.4, -0.2) is 24.1 Å². The third-order valence-electron chi connectivity index (χ3n) is 2.82. The van der Waals surface area contributed by atoms with Gasteiger partial charge in [0.1, 0.15) is 0 Å². The Hall–Kier alpha value is 0.310. The molecule has 0 bridgehead atoms. The lowest BCUT2D eigenvalue weighted by Gasteiger charge is -2.13. The number of hydrogen-bond acceptors (Lipinski definition) is 2. The number of rotatable bonds is 7. The predicted octanol–water partition coefficient (Wildman–Crippen LogP) is 2.91. The Bertz CT molecular complexity index is 141. The van der Waals surface area contributed by atoms with Gasteiger partial charge in [0.05, 0.1) is 0 Å². The minimum atomic E-state index is 0.637. The van der Waals surface area contributed by atoms with Crippen LogP contribution in [0.4, 0.5) is 0 Å². The summed E-state index contributed by atoms with van der Waals surface area (Å²) in [7, 11) is 0. The van der Waals surface area contributed by atoms with Gasteiger partial charge in [0.15, 0.2) is 0 Å². The maximum Gasteiger partial charge on any atom is 0.0282 e. The Morgan fingerprint density at radius 2 is 2.08 bits per heavy atom. The molecule has 0 saturated heterocycles. The molecular formula is C11H23NS. The van der Waals surface area contributed by atoms with Gasteiger partial charge in [0.25, 0.3) is 0 Å². The lowest BCUT2D eigenvalue weighted by molar-refractivity contribution is 0.525. The lowest BCUT2D eigenvalue weighted by Crippen LogP contribution is -2.26. The normalized spacial score (nSPS) is 19.4. The van der Waals surface area contributed by atoms with Crippen molar-refractivity contribution in [1.29, 1.82) is 0 Å². The van der Waals surface area contributed by atoms with Crippen LogP contribution < -0.4 is 5.32 Å². The van der Waals surface area contributed by atoms with E-state index in [1.807, 2.05) is 11.8 Å². The first kappa shape index (κ1) is 11.4. The van der Waals surface area contributed by atoms with Crippen molar-refractivity contribution in [2.75, 3.05) is 19.3 Å². The fourth-order valence-electron chi connectivity index (χ4n) is 1.54. The molecule has 0 aromatic heterocycles. The van der Waals surface area contributed by atoms with E-state index in [4.69, 9.17) is 0 Å². The monoisotopic (exact) mass is 201 g/mol. The van der Waals surface area contributed by atoms with Crippen LogP contribution in [0.15, 0.2) is 0 Å². The van der Waals surface area contributed by atoms with Crippen molar-refractivity contribution in [2.45, 2.75) is 44.3 Å². The minimum absolute atomic E-state index is 0.637. The Balaban J connectivity index is 1.90. The average Bonchev–Trinajstić information content (AvgIpc) is 2.84. The second-order valence-electron chi connectivity index (χ2n) is 4.60. The summed E-state index contributed by atoms with van der Waals surface area (Å²) in [5.74, 6) is 0.859. The molecule has 1 aliphatic carbocycles. The summed E-state index contributed by atoms with van der Waals surface area (Å²) >= 11 is 2.04. The minimum Gasteiger partial charge on any atom is -0.315 e. The molecule has 0 aromatic rings. The zero-order valence-electron chi connectivity index (χ0n) is 9.23. The fraction of sp³-hybridized carbons (Fsp3) is 1.00. The Kier molecular flexibility index (Phi) is 4.60. The van der Waals surface area contributed by atoms with Crippen LogP contribution in [0.5, 0.6) is 0 Å². The van der Waals surface area contributed by atoms with E-state index in [2.05, 4.69) is 25.4 Å². The van der Waals surface area contributed by atoms with Crippen LogP contribution in [0.2, 0.25) is 0 Å². The lowest BCUT2D eigenvalue weighted by atomic mass is 10.1. The van der Waals surface area contributed by atoms with E-state index >= 15 is 0 Å². The van der Waals surface area contributed by atoms with Crippen molar-refractivity contribution in [1.82, 2.24) is 5.32 Å². The summed E-state index contributed by atoms with van der Waals surface area (Å²) in [6.07, 6.45) is 7.78. The second-order valence-corrected chi connectivity index (χ2v) is 5.87. The van der Waals surface area contributed by atoms with E-state index in [1.165, 1.54) is 38.8 Å². The third kappa shape index (κ3) is 4.37. The molecule has 13 heavy (non-hydrogen) atoms. The number of thioether (sulfide) groups is 1. The fourth-order valence-corrected chi connectivity index (χ4v) is 2.30. The number of hydrogen-bond donors (Lipinski definition) is 1. The zero-order valence-corrected chi connectivity index (χ0v) is 10.0. The van der Waals surface area contributed by atoms with Crippen molar-refractivity contribution in [3.05, 3.63) is 0 Å². The Morgan fingerprint density at radius 3 is 2.54 bits per heavy atom. The topological polar surface area (TPSA) is 12.0 Å². The zero-order chi connectivity index (χ0) is 9.73. The van der Waals surface area contributed by atoms with Crippen molar-refractivity contribution >= 4 is 11.8 Å². The summed E-state index contributed by atoms with van der Waals surface area (Å²) in [5, 5.41) is 3.57. The molecule has 1 fully saturated rings. The van der Waals surface area contributed by atoms with Crippen molar-refractivity contribution in [3.63, 3.8) is 0 Å². The average molecular weight is 201 g/mol. The first-order chi connectivity index (χ1) is 6.18. The van der Waals surface area contributed by atoms with Crippen LogP contribution in [0.1, 0.15) is 39.5 Å². The highest BCUT2D eigenvalue weighted by Gasteiger charge is 2.41. The largest absolute Gasteiger partial charge is 0.315 e. The van der Waals surface area contributed by atoms with Crippen molar-refractivity contribution in [3.8, 4) is 0 Å². The highest BCUT2D eigenvalue weighted by Crippen LogP contribution is 2.46. The van der Waals surface area contributed by atoms with Gasteiger partial charge in [-0.3, -0.25) is 0 Å². The van der Waals surface area contributed by atoms with Gasteiger partial charge in [-0.25, -0.2) is 0 Å². The van der Waals surface area contributed by atoms with Crippen LogP contribution in [0.3, 0.4) is 0 Å². The SMILES string of the molecule is CSC1(CNCCCC(C)C)CC1. The molecule has 0 heterocycles. The van der Waals surface area contributed by atoms with Crippen LogP contribution in [0, 0.1) is 5.92 Å². The van der Waals surface area contributed by atoms with Gasteiger partial charge in [-0.1, -0.05) is 13.8 Å². The molecular weight excluding hydrogens is 178 g/mol. The van der Waals surface area contributed by atoms with Crippen molar-refractivity contribution in [2.24, 2.45) is 5.92 Å². The first-order valence-corrected chi connectivity index (χ1v) is 6.67. The Labute approximate surface area is 87.1 Å². The van der Waals surface area contributed by atoms with Gasteiger partial charge in [0, 0.05) is 11.3 Å². The van der Waals surface area contributed by atoms with Crippen LogP contribution in [-0.2, 0) is 0 Å². The van der Waals surface area contributed by atoms with Gasteiger partial charge >= 0.3 is 0 Å². The molecule has 0 aromatic carbocycles. The van der Waals surface area contributed by atoms with Crippen molar-refractivity contribution < 1.29 is 0 Å². The van der Waals surface area contributed by atoms with E-state index in [0.717, 1.165) is 5.92 Å². The standard InChI is InChI=1S/C11H23NS/c1-10(2)5-4-8-12-9-11(13-3)6-7-11/h10,12H,4-9H2,1-3H3. The van der Waals surface area contributed by atoms with Gasteiger partial charge < -0.3 is 5.32 Å². The number of nitrogens with one attached hydrogen (secondary N) is 1. The van der Waals surface area contributed by atoms with Gasteiger partial charge in [0.2, 0.25) is 0 Å². The molecule has 1 rings (SSSR count). The van der Waals surface area contributed by atoms with E-state index < -0.39 is 0 Å². The molecule has 2 heteroatoms. The molecule has 0 spiro atoms. The molecule has 1 aliphatic rings. The summed E-state index contributed by atoms with van der Waals surface area (Å²) < 4.78 is 0.637. The molecule has 0 unspecified atom stereocenters. The molecule has 1 nitrogen and oxygen atoms in total. The van der Waals surface area contributed by atoms with E-state index in [-0.39, 0.29) is 0 Å². The maximum atomic E-state index is 3.57. The summed E-state index contributed by atoms with van der Waals surface area (Å²) in [6, 6.07) is 0. The molecule has 1 N–H and O–H groups in total. The molecule has 78 valence electrons. The third-order valence-corrected chi connectivity index (χ3v) is 4.24. The predicted molar refractivity (Wildman–Crippen MR) is 62.4 cm³/mol. The van der Waals surface area contributed by atoms with E-state index in [1.54, 1.807) is 0 Å². The Morgan fingerprint density at radius 1 is 1.38 bits per heavy atom. The molecule has 0 amide bonds. The molecule has 0 aliphatic heterocycles. The second kappa shape index (κ2) is 5.26. The van der Waals surface area contributed by atoms with Crippen LogP contribution in [0.25, 0.3) is 0 Å². The highest BCUT2D eigenvalue weighted by molar-refractivity contribution is 8.00. The maximum absolute atomic E-state index is 3.57. The van der Waals surface area contributed by atoms with E-state index in [9.17, 15) is 0 Å². The summed E-state index contributed by atoms with van der Waals surface area (Å²) in [6.45, 7) is 7.03. The quantitative estimate of drug-likeness (QED) is 0.636. The molecule has 1 saturated carbocycles. The first-order valence-electron chi connectivity index (χ1n) is 5.44. The summed E-state index contributed by atoms with van der Waals surface area (Å²) in [4.78, 5) is 0. The molecule has 0 radical (unpaired) electrons. The van der Waals surface area contributed by atoms with Gasteiger partial charge in [-0.15, -0.1) is 0 Å². The van der Waals surface area contributed by atoms with E-state index in [0.29, 0.717) is 4.75 Å². The smallest absolute Gasteiger partial charge is 0.0282 e. The molecule has 0 atom stereocenters. The van der Waals surface area contributed by atoms with Gasteiger partial charge in [-0.05, 0) is 44.4 Å². The summed E-state index contributed by atoms with van der Waals surface area (Å²) in [5.41, 5.74) is 0.